The molecule has 0 aliphatic carbocycles. The van der Waals surface area contributed by atoms with E-state index in [0.29, 0.717) is 18.5 Å². The molecule has 0 spiro atoms. The van der Waals surface area contributed by atoms with Gasteiger partial charge in [-0.05, 0) is 36.1 Å². The van der Waals surface area contributed by atoms with Crippen molar-refractivity contribution < 1.29 is 9.50 Å². The van der Waals surface area contributed by atoms with Crippen LogP contribution in [0.4, 0.5) is 4.39 Å². The van der Waals surface area contributed by atoms with E-state index in [1.165, 1.54) is 11.6 Å². The average Bonchev–Trinajstić information content (AvgIpc) is 2.48. The number of nitrogens with zero attached hydrogens (tertiary/aromatic N) is 1. The van der Waals surface area contributed by atoms with Gasteiger partial charge in [0.25, 0.3) is 0 Å². The Morgan fingerprint density at radius 2 is 1.70 bits per heavy atom. The fourth-order valence-electron chi connectivity index (χ4n) is 2.28. The lowest BCUT2D eigenvalue weighted by atomic mass is 9.88. The lowest BCUT2D eigenvalue weighted by molar-refractivity contribution is 0.0282. The van der Waals surface area contributed by atoms with Crippen molar-refractivity contribution in [2.45, 2.75) is 38.7 Å². The van der Waals surface area contributed by atoms with E-state index in [2.05, 4.69) is 24.0 Å². The summed E-state index contributed by atoms with van der Waals surface area (Å²) < 4.78 is 12.9. The van der Waals surface area contributed by atoms with Crippen LogP contribution in [0.5, 0.6) is 0 Å². The van der Waals surface area contributed by atoms with E-state index < -0.39 is 5.60 Å². The molecule has 2 nitrogen and oxygen atoms in total. The highest BCUT2D eigenvalue weighted by Gasteiger charge is 2.29. The van der Waals surface area contributed by atoms with Crippen molar-refractivity contribution in [3.63, 3.8) is 0 Å². The van der Waals surface area contributed by atoms with Gasteiger partial charge in [0.05, 0.1) is 11.9 Å². The zero-order chi connectivity index (χ0) is 14.6. The van der Waals surface area contributed by atoms with Crippen LogP contribution in [0.3, 0.4) is 0 Å². The molecule has 1 aromatic carbocycles. The fraction of sp³-hybridized carbons (Fsp3) is 0.353. The number of pyridine rings is 1. The molecule has 1 atom stereocenters. The molecule has 3 heteroatoms. The number of aromatic nitrogens is 1. The van der Waals surface area contributed by atoms with Crippen molar-refractivity contribution in [3.05, 3.63) is 65.2 Å². The number of hydrogen-bond acceptors (Lipinski definition) is 2. The summed E-state index contributed by atoms with van der Waals surface area (Å²) in [6.07, 6.45) is 3.15. The van der Waals surface area contributed by atoms with Gasteiger partial charge in [-0.25, -0.2) is 4.39 Å². The number of hydrogen-bond donors (Lipinski definition) is 1. The molecule has 1 unspecified atom stereocenters. The van der Waals surface area contributed by atoms with Crippen LogP contribution in [0.15, 0.2) is 42.6 Å². The summed E-state index contributed by atoms with van der Waals surface area (Å²) in [6, 6.07) is 11.1. The Labute approximate surface area is 119 Å². The molecule has 1 N–H and O–H groups in total. The van der Waals surface area contributed by atoms with Gasteiger partial charge in [0.2, 0.25) is 0 Å². The third-order valence-electron chi connectivity index (χ3n) is 3.72. The van der Waals surface area contributed by atoms with Crippen LogP contribution in [-0.4, -0.2) is 10.1 Å². The lowest BCUT2D eigenvalue weighted by Crippen LogP contribution is -2.29. The molecular formula is C17H20FNO. The predicted molar refractivity (Wildman–Crippen MR) is 77.9 cm³/mol. The van der Waals surface area contributed by atoms with E-state index in [1.807, 2.05) is 19.1 Å². The minimum atomic E-state index is -1.05. The molecule has 0 bridgehead atoms. The largest absolute Gasteiger partial charge is 0.383 e. The Kier molecular flexibility index (Phi) is 4.50. The summed E-state index contributed by atoms with van der Waals surface area (Å²) in [6.45, 7) is 4.02. The first-order chi connectivity index (χ1) is 9.57. The molecule has 0 radical (unpaired) electrons. The maximum atomic E-state index is 12.9. The number of aliphatic hydroxyl groups is 1. The van der Waals surface area contributed by atoms with Crippen LogP contribution in [-0.2, 0) is 18.4 Å². The molecule has 2 aromatic rings. The van der Waals surface area contributed by atoms with Crippen LogP contribution in [0.2, 0.25) is 0 Å². The van der Waals surface area contributed by atoms with E-state index in [-0.39, 0.29) is 5.82 Å². The average molecular weight is 273 g/mol. The van der Waals surface area contributed by atoms with Crippen molar-refractivity contribution in [3.8, 4) is 0 Å². The van der Waals surface area contributed by atoms with Gasteiger partial charge in [-0.15, -0.1) is 0 Å². The van der Waals surface area contributed by atoms with Gasteiger partial charge in [-0.2, -0.15) is 0 Å². The maximum Gasteiger partial charge on any atom is 0.141 e. The smallest absolute Gasteiger partial charge is 0.141 e. The van der Waals surface area contributed by atoms with Crippen molar-refractivity contribution in [2.24, 2.45) is 0 Å². The SMILES string of the molecule is CCc1ccc(CC(O)(CC)c2ccc(F)cn2)cc1. The number of benzene rings is 1. The zero-order valence-corrected chi connectivity index (χ0v) is 11.9. The molecule has 0 aliphatic heterocycles. The highest BCUT2D eigenvalue weighted by molar-refractivity contribution is 5.26. The Morgan fingerprint density at radius 1 is 1.05 bits per heavy atom. The van der Waals surface area contributed by atoms with Gasteiger partial charge in [-0.1, -0.05) is 38.1 Å². The maximum absolute atomic E-state index is 12.9. The standard InChI is InChI=1S/C17H20FNO/c1-3-13-5-7-14(8-6-13)11-17(20,4-2)16-10-9-15(18)12-19-16/h5-10,12,20H,3-4,11H2,1-2H3. The fourth-order valence-corrected chi connectivity index (χ4v) is 2.28. The van der Waals surface area contributed by atoms with E-state index in [1.54, 1.807) is 6.07 Å². The molecular weight excluding hydrogens is 253 g/mol. The summed E-state index contributed by atoms with van der Waals surface area (Å²) >= 11 is 0. The molecule has 0 amide bonds. The summed E-state index contributed by atoms with van der Waals surface area (Å²) in [7, 11) is 0. The molecule has 106 valence electrons. The van der Waals surface area contributed by atoms with Gasteiger partial charge in [0, 0.05) is 6.42 Å². The first-order valence-corrected chi connectivity index (χ1v) is 6.99. The van der Waals surface area contributed by atoms with Gasteiger partial charge in [0.1, 0.15) is 11.4 Å². The normalized spacial score (nSPS) is 14.0. The Balaban J connectivity index is 2.23. The van der Waals surface area contributed by atoms with Crippen LogP contribution < -0.4 is 0 Å². The van der Waals surface area contributed by atoms with Crippen molar-refractivity contribution in [1.82, 2.24) is 4.98 Å². The second-order valence-electron chi connectivity index (χ2n) is 5.09. The van der Waals surface area contributed by atoms with Crippen molar-refractivity contribution in [1.29, 1.82) is 0 Å². The Hall–Kier alpha value is -1.74. The third kappa shape index (κ3) is 3.23. The molecule has 1 aromatic heterocycles. The van der Waals surface area contributed by atoms with E-state index in [9.17, 15) is 9.50 Å². The van der Waals surface area contributed by atoms with Crippen LogP contribution >= 0.6 is 0 Å². The third-order valence-corrected chi connectivity index (χ3v) is 3.72. The summed E-state index contributed by atoms with van der Waals surface area (Å²) in [4.78, 5) is 4.03. The second kappa shape index (κ2) is 6.14. The van der Waals surface area contributed by atoms with E-state index >= 15 is 0 Å². The molecule has 20 heavy (non-hydrogen) atoms. The quantitative estimate of drug-likeness (QED) is 0.902. The summed E-state index contributed by atoms with van der Waals surface area (Å²) in [5.41, 5.74) is 1.79. The first-order valence-electron chi connectivity index (χ1n) is 6.99. The number of aryl methyl sites for hydroxylation is 1. The molecule has 0 aliphatic rings. The van der Waals surface area contributed by atoms with E-state index in [4.69, 9.17) is 0 Å². The molecule has 0 saturated carbocycles. The summed E-state index contributed by atoms with van der Waals surface area (Å²) in [5.74, 6) is -0.389. The number of rotatable bonds is 5. The second-order valence-corrected chi connectivity index (χ2v) is 5.09. The van der Waals surface area contributed by atoms with Crippen LogP contribution in [0, 0.1) is 5.82 Å². The molecule has 1 heterocycles. The van der Waals surface area contributed by atoms with E-state index in [0.717, 1.165) is 18.2 Å². The Bertz CT molecular complexity index is 550. The van der Waals surface area contributed by atoms with Gasteiger partial charge in [0.15, 0.2) is 0 Å². The van der Waals surface area contributed by atoms with Crippen molar-refractivity contribution in [2.75, 3.05) is 0 Å². The molecule has 0 saturated heterocycles. The minimum Gasteiger partial charge on any atom is -0.383 e. The first kappa shape index (κ1) is 14.7. The minimum absolute atomic E-state index is 0.389. The van der Waals surface area contributed by atoms with Gasteiger partial charge < -0.3 is 5.11 Å². The van der Waals surface area contributed by atoms with Gasteiger partial charge >= 0.3 is 0 Å². The topological polar surface area (TPSA) is 33.1 Å². The monoisotopic (exact) mass is 273 g/mol. The number of halogens is 1. The Morgan fingerprint density at radius 3 is 2.20 bits per heavy atom. The predicted octanol–water partition coefficient (Wildman–Crippen LogP) is 3.62. The van der Waals surface area contributed by atoms with Crippen LogP contribution in [0.1, 0.15) is 37.1 Å². The highest BCUT2D eigenvalue weighted by atomic mass is 19.1. The lowest BCUT2D eigenvalue weighted by Gasteiger charge is -2.26. The van der Waals surface area contributed by atoms with Gasteiger partial charge in [-0.3, -0.25) is 4.98 Å². The zero-order valence-electron chi connectivity index (χ0n) is 11.9. The molecule has 2 rings (SSSR count). The molecule has 0 fully saturated rings. The summed E-state index contributed by atoms with van der Waals surface area (Å²) in [5, 5.41) is 10.8. The highest BCUT2D eigenvalue weighted by Crippen LogP contribution is 2.28. The van der Waals surface area contributed by atoms with Crippen LogP contribution in [0.25, 0.3) is 0 Å². The van der Waals surface area contributed by atoms with Crippen molar-refractivity contribution >= 4 is 0 Å².